The van der Waals surface area contributed by atoms with Gasteiger partial charge in [0.15, 0.2) is 0 Å². The number of carbonyl (C=O) groups excluding carboxylic acids is 3. The second kappa shape index (κ2) is 9.17. The molecule has 3 rings (SSSR count). The highest BCUT2D eigenvalue weighted by atomic mass is 16.5. The van der Waals surface area contributed by atoms with Crippen molar-refractivity contribution in [3.8, 4) is 5.75 Å². The Morgan fingerprint density at radius 1 is 0.893 bits per heavy atom. The van der Waals surface area contributed by atoms with Crippen molar-refractivity contribution < 1.29 is 19.1 Å². The van der Waals surface area contributed by atoms with Crippen molar-refractivity contribution in [2.24, 2.45) is 5.92 Å². The maximum Gasteiger partial charge on any atom is 0.308 e. The van der Waals surface area contributed by atoms with Crippen LogP contribution in [0, 0.1) is 5.92 Å². The summed E-state index contributed by atoms with van der Waals surface area (Å²) >= 11 is 0. The van der Waals surface area contributed by atoms with Crippen LogP contribution in [0.4, 0.5) is 11.4 Å². The minimum atomic E-state index is -0.441. The summed E-state index contributed by atoms with van der Waals surface area (Å²) in [6.07, 6.45) is 5.34. The molecule has 0 spiro atoms. The second-order valence-electron chi connectivity index (χ2n) is 6.98. The number of ether oxygens (including phenoxy) is 1. The second-order valence-corrected chi connectivity index (χ2v) is 6.98. The minimum Gasteiger partial charge on any atom is -0.427 e. The minimum absolute atomic E-state index is 0.0683. The molecule has 1 aliphatic rings. The molecule has 1 saturated carbocycles. The van der Waals surface area contributed by atoms with Crippen molar-refractivity contribution in [3.63, 3.8) is 0 Å². The zero-order chi connectivity index (χ0) is 19.9. The molecule has 2 aromatic carbocycles. The molecule has 0 radical (unpaired) electrons. The fraction of sp³-hybridized carbons (Fsp3) is 0.318. The third-order valence-electron chi connectivity index (χ3n) is 4.74. The van der Waals surface area contributed by atoms with E-state index in [1.54, 1.807) is 42.5 Å². The van der Waals surface area contributed by atoms with E-state index in [-0.39, 0.29) is 17.7 Å². The van der Waals surface area contributed by atoms with Gasteiger partial charge < -0.3 is 15.4 Å². The predicted octanol–water partition coefficient (Wildman–Crippen LogP) is 4.38. The van der Waals surface area contributed by atoms with Crippen molar-refractivity contribution in [2.45, 2.75) is 39.0 Å². The smallest absolute Gasteiger partial charge is 0.308 e. The van der Waals surface area contributed by atoms with Crippen LogP contribution in [-0.4, -0.2) is 17.8 Å². The fourth-order valence-electron chi connectivity index (χ4n) is 3.32. The van der Waals surface area contributed by atoms with Gasteiger partial charge in [-0.25, -0.2) is 0 Å². The maximum atomic E-state index is 12.4. The fourth-order valence-corrected chi connectivity index (χ4v) is 3.32. The van der Waals surface area contributed by atoms with Gasteiger partial charge in [-0.15, -0.1) is 0 Å². The van der Waals surface area contributed by atoms with Gasteiger partial charge in [0.1, 0.15) is 5.75 Å². The lowest BCUT2D eigenvalue weighted by atomic mass is 9.88. The van der Waals surface area contributed by atoms with Gasteiger partial charge in [-0.2, -0.15) is 0 Å². The zero-order valence-electron chi connectivity index (χ0n) is 15.9. The van der Waals surface area contributed by atoms with Gasteiger partial charge in [0.05, 0.1) is 0 Å². The number of esters is 1. The average molecular weight is 380 g/mol. The van der Waals surface area contributed by atoms with Crippen molar-refractivity contribution >= 4 is 29.2 Å². The molecular weight excluding hydrogens is 356 g/mol. The summed E-state index contributed by atoms with van der Waals surface area (Å²) in [6, 6.07) is 13.4. The molecule has 6 nitrogen and oxygen atoms in total. The van der Waals surface area contributed by atoms with E-state index >= 15 is 0 Å². The molecule has 0 bridgehead atoms. The molecule has 6 heteroatoms. The molecule has 28 heavy (non-hydrogen) atoms. The highest BCUT2D eigenvalue weighted by Crippen LogP contribution is 2.25. The Morgan fingerprint density at radius 2 is 1.54 bits per heavy atom. The van der Waals surface area contributed by atoms with E-state index in [9.17, 15) is 14.4 Å². The molecule has 0 aromatic heterocycles. The predicted molar refractivity (Wildman–Crippen MR) is 107 cm³/mol. The Hall–Kier alpha value is -3.15. The van der Waals surface area contributed by atoms with E-state index in [2.05, 4.69) is 10.6 Å². The number of rotatable bonds is 5. The molecule has 146 valence electrons. The number of nitrogens with one attached hydrogen (secondary N) is 2. The quantitative estimate of drug-likeness (QED) is 0.595. The van der Waals surface area contributed by atoms with Gasteiger partial charge in [0, 0.05) is 29.8 Å². The number of anilines is 2. The van der Waals surface area contributed by atoms with Crippen LogP contribution in [0.25, 0.3) is 0 Å². The van der Waals surface area contributed by atoms with Crippen LogP contribution >= 0.6 is 0 Å². The first-order chi connectivity index (χ1) is 13.5. The first-order valence-corrected chi connectivity index (χ1v) is 9.52. The molecule has 0 heterocycles. The first-order valence-electron chi connectivity index (χ1n) is 9.52. The summed E-state index contributed by atoms with van der Waals surface area (Å²) < 4.78 is 5.00. The monoisotopic (exact) mass is 380 g/mol. The van der Waals surface area contributed by atoms with E-state index in [0.717, 1.165) is 25.7 Å². The lowest BCUT2D eigenvalue weighted by molar-refractivity contribution is -0.131. The highest BCUT2D eigenvalue weighted by molar-refractivity contribution is 6.04. The lowest BCUT2D eigenvalue weighted by Gasteiger charge is -2.20. The number of carbonyl (C=O) groups is 3. The van der Waals surface area contributed by atoms with Gasteiger partial charge >= 0.3 is 5.97 Å². The van der Waals surface area contributed by atoms with Crippen molar-refractivity contribution in [1.82, 2.24) is 0 Å². The van der Waals surface area contributed by atoms with E-state index in [0.29, 0.717) is 22.7 Å². The largest absolute Gasteiger partial charge is 0.427 e. The van der Waals surface area contributed by atoms with Gasteiger partial charge in [-0.05, 0) is 55.3 Å². The third kappa shape index (κ3) is 5.42. The molecule has 1 aliphatic carbocycles. The summed E-state index contributed by atoms with van der Waals surface area (Å²) in [4.78, 5) is 35.7. The van der Waals surface area contributed by atoms with Crippen LogP contribution < -0.4 is 15.4 Å². The van der Waals surface area contributed by atoms with Gasteiger partial charge in [0.2, 0.25) is 5.91 Å². The summed E-state index contributed by atoms with van der Waals surface area (Å²) in [5.74, 6) is -0.270. The van der Waals surface area contributed by atoms with Crippen molar-refractivity contribution in [1.29, 1.82) is 0 Å². The van der Waals surface area contributed by atoms with Crippen LogP contribution in [0.3, 0.4) is 0 Å². The SMILES string of the molecule is CC(=O)Oc1cccc(C(=O)Nc2ccc(NC(=O)C3CCCCC3)cc2)c1. The number of amides is 2. The van der Waals surface area contributed by atoms with Crippen LogP contribution in [0.1, 0.15) is 49.4 Å². The molecular formula is C22H24N2O4. The Bertz CT molecular complexity index is 855. The van der Waals surface area contributed by atoms with E-state index < -0.39 is 5.97 Å². The Morgan fingerprint density at radius 3 is 2.18 bits per heavy atom. The van der Waals surface area contributed by atoms with E-state index in [4.69, 9.17) is 4.74 Å². The molecule has 0 saturated heterocycles. The number of benzene rings is 2. The highest BCUT2D eigenvalue weighted by Gasteiger charge is 2.21. The number of hydrogen-bond acceptors (Lipinski definition) is 4. The molecule has 0 aliphatic heterocycles. The van der Waals surface area contributed by atoms with Crippen LogP contribution in [0.15, 0.2) is 48.5 Å². The van der Waals surface area contributed by atoms with Crippen molar-refractivity contribution in [3.05, 3.63) is 54.1 Å². The Balaban J connectivity index is 1.58. The number of hydrogen-bond donors (Lipinski definition) is 2. The lowest BCUT2D eigenvalue weighted by Crippen LogP contribution is -2.24. The molecule has 0 unspecified atom stereocenters. The Labute approximate surface area is 164 Å². The standard InChI is InChI=1S/C22H24N2O4/c1-15(25)28-20-9-5-8-17(14-20)22(27)24-19-12-10-18(11-13-19)23-21(26)16-6-3-2-4-7-16/h5,8-14,16H,2-4,6-7H2,1H3,(H,23,26)(H,24,27). The first kappa shape index (κ1) is 19.6. The summed E-state index contributed by atoms with van der Waals surface area (Å²) in [7, 11) is 0. The van der Waals surface area contributed by atoms with Gasteiger partial charge in [-0.1, -0.05) is 25.3 Å². The topological polar surface area (TPSA) is 84.5 Å². The normalized spacial score (nSPS) is 14.2. The van der Waals surface area contributed by atoms with E-state index in [1.807, 2.05) is 0 Å². The molecule has 0 atom stereocenters. The van der Waals surface area contributed by atoms with Crippen LogP contribution in [0.5, 0.6) is 5.75 Å². The molecule has 1 fully saturated rings. The van der Waals surface area contributed by atoms with Crippen LogP contribution in [-0.2, 0) is 9.59 Å². The summed E-state index contributed by atoms with van der Waals surface area (Å²) in [5.41, 5.74) is 1.71. The van der Waals surface area contributed by atoms with Crippen LogP contribution in [0.2, 0.25) is 0 Å². The third-order valence-corrected chi connectivity index (χ3v) is 4.74. The molecule has 2 aromatic rings. The summed E-state index contributed by atoms with van der Waals surface area (Å²) in [5, 5.41) is 5.74. The maximum absolute atomic E-state index is 12.4. The zero-order valence-corrected chi connectivity index (χ0v) is 15.9. The molecule has 2 amide bonds. The van der Waals surface area contributed by atoms with Gasteiger partial charge in [-0.3, -0.25) is 14.4 Å². The summed E-state index contributed by atoms with van der Waals surface area (Å²) in [6.45, 7) is 1.31. The average Bonchev–Trinajstić information content (AvgIpc) is 2.70. The Kier molecular flexibility index (Phi) is 6.42. The van der Waals surface area contributed by atoms with E-state index in [1.165, 1.54) is 19.4 Å². The van der Waals surface area contributed by atoms with Gasteiger partial charge in [0.25, 0.3) is 5.91 Å². The van der Waals surface area contributed by atoms with Crippen molar-refractivity contribution in [2.75, 3.05) is 10.6 Å². The molecule has 2 N–H and O–H groups in total.